The molecule has 0 aliphatic carbocycles. The average Bonchev–Trinajstić information content (AvgIpc) is 3.30. The van der Waals surface area contributed by atoms with E-state index in [0.29, 0.717) is 6.61 Å². The maximum atomic E-state index is 6.68. The second-order valence-electron chi connectivity index (χ2n) is 8.05. The van der Waals surface area contributed by atoms with Crippen LogP contribution < -0.4 is 9.47 Å². The van der Waals surface area contributed by atoms with Gasteiger partial charge in [-0.2, -0.15) is 5.10 Å². The van der Waals surface area contributed by atoms with Crippen molar-refractivity contribution in [2.24, 2.45) is 5.10 Å². The molecular weight excluding hydrogens is 344 g/mol. The number of benzene rings is 1. The van der Waals surface area contributed by atoms with Crippen LogP contribution in [0.1, 0.15) is 50.5 Å². The molecule has 1 fully saturated rings. The highest BCUT2D eigenvalue weighted by Gasteiger charge is 2.55. The molecule has 3 aliphatic heterocycles. The van der Waals surface area contributed by atoms with Crippen molar-refractivity contribution in [2.75, 3.05) is 13.7 Å². The SMILES string of the molecule is COc1cccc2c1O[C@@]1(CCOC(C)(C)C1)N1N=C(c3ccco3)C[C@@H]21. The minimum atomic E-state index is -0.553. The predicted molar refractivity (Wildman–Crippen MR) is 100 cm³/mol. The second-order valence-corrected chi connectivity index (χ2v) is 8.05. The summed E-state index contributed by atoms with van der Waals surface area (Å²) >= 11 is 0. The quantitative estimate of drug-likeness (QED) is 0.798. The fourth-order valence-corrected chi connectivity index (χ4v) is 4.60. The van der Waals surface area contributed by atoms with Crippen molar-refractivity contribution >= 4 is 5.71 Å². The van der Waals surface area contributed by atoms with E-state index in [1.54, 1.807) is 13.4 Å². The molecule has 1 spiro atoms. The Labute approximate surface area is 158 Å². The summed E-state index contributed by atoms with van der Waals surface area (Å²) < 4.78 is 23.9. The van der Waals surface area contributed by atoms with Gasteiger partial charge in [0.15, 0.2) is 11.5 Å². The number of methoxy groups -OCH3 is 1. The van der Waals surface area contributed by atoms with Crippen LogP contribution in [-0.4, -0.2) is 35.8 Å². The van der Waals surface area contributed by atoms with Crippen molar-refractivity contribution in [3.05, 3.63) is 47.9 Å². The lowest BCUT2D eigenvalue weighted by Crippen LogP contribution is -2.60. The first-order valence-corrected chi connectivity index (χ1v) is 9.42. The fourth-order valence-electron chi connectivity index (χ4n) is 4.60. The molecule has 2 aromatic rings. The smallest absolute Gasteiger partial charge is 0.203 e. The summed E-state index contributed by atoms with van der Waals surface area (Å²) in [5.74, 6) is 2.41. The predicted octanol–water partition coefficient (Wildman–Crippen LogP) is 4.12. The topological polar surface area (TPSA) is 56.4 Å². The van der Waals surface area contributed by atoms with Gasteiger partial charge in [0.1, 0.15) is 11.5 Å². The van der Waals surface area contributed by atoms with Gasteiger partial charge in [-0.15, -0.1) is 0 Å². The Morgan fingerprint density at radius 3 is 2.85 bits per heavy atom. The van der Waals surface area contributed by atoms with Crippen LogP contribution in [0.3, 0.4) is 0 Å². The van der Waals surface area contributed by atoms with Crippen molar-refractivity contribution in [3.63, 3.8) is 0 Å². The van der Waals surface area contributed by atoms with E-state index >= 15 is 0 Å². The lowest BCUT2D eigenvalue weighted by molar-refractivity contribution is -0.212. The van der Waals surface area contributed by atoms with E-state index in [4.69, 9.17) is 23.7 Å². The van der Waals surface area contributed by atoms with E-state index in [9.17, 15) is 0 Å². The molecule has 5 rings (SSSR count). The molecule has 1 saturated heterocycles. The molecule has 1 aromatic heterocycles. The van der Waals surface area contributed by atoms with Crippen LogP contribution in [0.25, 0.3) is 0 Å². The molecule has 0 saturated carbocycles. The van der Waals surface area contributed by atoms with Crippen LogP contribution in [0.15, 0.2) is 46.1 Å². The first-order valence-electron chi connectivity index (χ1n) is 9.42. The highest BCUT2D eigenvalue weighted by Crippen LogP contribution is 2.54. The lowest BCUT2D eigenvalue weighted by atomic mass is 9.86. The van der Waals surface area contributed by atoms with E-state index in [-0.39, 0.29) is 11.6 Å². The number of furan rings is 1. The first-order chi connectivity index (χ1) is 13.0. The van der Waals surface area contributed by atoms with Gasteiger partial charge >= 0.3 is 0 Å². The third-order valence-electron chi connectivity index (χ3n) is 5.70. The zero-order valence-corrected chi connectivity index (χ0v) is 15.9. The number of ether oxygens (including phenoxy) is 3. The minimum Gasteiger partial charge on any atom is -0.493 e. The van der Waals surface area contributed by atoms with Crippen molar-refractivity contribution in [2.45, 2.75) is 50.5 Å². The van der Waals surface area contributed by atoms with Crippen molar-refractivity contribution in [1.29, 1.82) is 0 Å². The Hall–Kier alpha value is -2.47. The summed E-state index contributed by atoms with van der Waals surface area (Å²) in [6, 6.07) is 10.0. The van der Waals surface area contributed by atoms with Crippen LogP contribution >= 0.6 is 0 Å². The Balaban J connectivity index is 1.65. The van der Waals surface area contributed by atoms with Crippen LogP contribution in [0.4, 0.5) is 0 Å². The number of hydrogen-bond donors (Lipinski definition) is 0. The third kappa shape index (κ3) is 2.54. The monoisotopic (exact) mass is 368 g/mol. The molecule has 0 bridgehead atoms. The van der Waals surface area contributed by atoms with Crippen LogP contribution in [0.2, 0.25) is 0 Å². The lowest BCUT2D eigenvalue weighted by Gasteiger charge is -2.52. The molecule has 0 N–H and O–H groups in total. The van der Waals surface area contributed by atoms with Crippen molar-refractivity contribution in [3.8, 4) is 11.5 Å². The van der Waals surface area contributed by atoms with Gasteiger partial charge < -0.3 is 18.6 Å². The largest absolute Gasteiger partial charge is 0.493 e. The molecule has 1 aromatic carbocycles. The molecule has 6 heteroatoms. The Morgan fingerprint density at radius 2 is 2.11 bits per heavy atom. The Kier molecular flexibility index (Phi) is 3.56. The number of hydrogen-bond acceptors (Lipinski definition) is 6. The fraction of sp³-hybridized carbons (Fsp3) is 0.476. The number of hydrazone groups is 1. The first kappa shape index (κ1) is 16.7. The number of rotatable bonds is 2. The maximum absolute atomic E-state index is 6.68. The van der Waals surface area contributed by atoms with E-state index in [1.807, 2.05) is 24.3 Å². The van der Waals surface area contributed by atoms with E-state index < -0.39 is 5.72 Å². The third-order valence-corrected chi connectivity index (χ3v) is 5.70. The molecule has 27 heavy (non-hydrogen) atoms. The van der Waals surface area contributed by atoms with E-state index in [1.165, 1.54) is 0 Å². The van der Waals surface area contributed by atoms with Gasteiger partial charge in [0, 0.05) is 24.8 Å². The average molecular weight is 368 g/mol. The number of fused-ring (bicyclic) bond motifs is 4. The summed E-state index contributed by atoms with van der Waals surface area (Å²) in [5, 5.41) is 7.13. The second kappa shape index (κ2) is 5.76. The maximum Gasteiger partial charge on any atom is 0.203 e. The Morgan fingerprint density at radius 1 is 1.22 bits per heavy atom. The summed E-state index contributed by atoms with van der Waals surface area (Å²) in [7, 11) is 1.69. The van der Waals surface area contributed by atoms with Gasteiger partial charge in [-0.3, -0.25) is 0 Å². The van der Waals surface area contributed by atoms with Gasteiger partial charge in [-0.05, 0) is 32.0 Å². The summed E-state index contributed by atoms with van der Waals surface area (Å²) in [5.41, 5.74) is 1.22. The molecule has 142 valence electrons. The molecular formula is C21H24N2O4. The molecule has 2 atom stereocenters. The highest BCUT2D eigenvalue weighted by atomic mass is 16.6. The summed E-state index contributed by atoms with van der Waals surface area (Å²) in [4.78, 5) is 0. The van der Waals surface area contributed by atoms with Crippen molar-refractivity contribution in [1.82, 2.24) is 5.01 Å². The van der Waals surface area contributed by atoms with Gasteiger partial charge in [-0.1, -0.05) is 12.1 Å². The highest BCUT2D eigenvalue weighted by molar-refractivity contribution is 5.99. The zero-order chi connectivity index (χ0) is 18.6. The molecule has 4 heterocycles. The van der Waals surface area contributed by atoms with Crippen LogP contribution in [-0.2, 0) is 4.74 Å². The number of para-hydroxylation sites is 1. The molecule has 3 aliphatic rings. The van der Waals surface area contributed by atoms with Crippen LogP contribution in [0, 0.1) is 0 Å². The minimum absolute atomic E-state index is 0.0952. The number of nitrogens with zero attached hydrogens (tertiary/aromatic N) is 2. The van der Waals surface area contributed by atoms with Gasteiger partial charge in [0.25, 0.3) is 0 Å². The molecule has 6 nitrogen and oxygen atoms in total. The molecule has 0 amide bonds. The van der Waals surface area contributed by atoms with Gasteiger partial charge in [0.2, 0.25) is 5.72 Å². The van der Waals surface area contributed by atoms with Gasteiger partial charge in [0.05, 0.1) is 31.6 Å². The van der Waals surface area contributed by atoms with Gasteiger partial charge in [-0.25, -0.2) is 5.01 Å². The molecule has 0 radical (unpaired) electrons. The molecule has 0 unspecified atom stereocenters. The van der Waals surface area contributed by atoms with E-state index in [2.05, 4.69) is 24.9 Å². The van der Waals surface area contributed by atoms with Crippen LogP contribution in [0.5, 0.6) is 11.5 Å². The zero-order valence-electron chi connectivity index (χ0n) is 15.9. The van der Waals surface area contributed by atoms with Crippen molar-refractivity contribution < 1.29 is 18.6 Å². The summed E-state index contributed by atoms with van der Waals surface area (Å²) in [6.07, 6.45) is 3.94. The summed E-state index contributed by atoms with van der Waals surface area (Å²) in [6.45, 7) is 4.85. The Bertz CT molecular complexity index is 890. The standard InChI is InChI=1S/C21H24N2O4/c1-20(2)13-21(9-11-26-20)23-16(12-15(22-23)17-8-5-10-25-17)14-6-4-7-18(24-3)19(14)27-21/h4-8,10,16H,9,11-13H2,1-3H3/t16-,21+/m0/s1. The normalized spacial score (nSPS) is 28.3. The van der Waals surface area contributed by atoms with E-state index in [0.717, 1.165) is 47.8 Å².